The van der Waals surface area contributed by atoms with E-state index in [0.29, 0.717) is 5.82 Å². The van der Waals surface area contributed by atoms with Gasteiger partial charge in [0.1, 0.15) is 11.6 Å². The molecule has 1 aromatic carbocycles. The van der Waals surface area contributed by atoms with Gasteiger partial charge in [-0.1, -0.05) is 29.8 Å². The van der Waals surface area contributed by atoms with Crippen molar-refractivity contribution in [3.05, 3.63) is 52.0 Å². The fourth-order valence-electron chi connectivity index (χ4n) is 3.25. The SMILES string of the molecule is CC(=O)Nc1nc(NC2(c3cccc(Cl)c3C)CCC2)ccc1C. The topological polar surface area (TPSA) is 54.0 Å². The van der Waals surface area contributed by atoms with E-state index in [1.165, 1.54) is 18.9 Å². The van der Waals surface area contributed by atoms with Crippen LogP contribution >= 0.6 is 11.6 Å². The molecule has 0 aliphatic heterocycles. The number of carbonyl (C=O) groups is 1. The molecule has 0 saturated heterocycles. The van der Waals surface area contributed by atoms with Crippen LogP contribution in [0.1, 0.15) is 42.9 Å². The van der Waals surface area contributed by atoms with E-state index in [4.69, 9.17) is 11.6 Å². The van der Waals surface area contributed by atoms with Gasteiger partial charge in [0.2, 0.25) is 5.91 Å². The second-order valence-corrected chi connectivity index (χ2v) is 6.92. The van der Waals surface area contributed by atoms with Crippen LogP contribution in [0.2, 0.25) is 5.02 Å². The second kappa shape index (κ2) is 6.44. The molecule has 126 valence electrons. The van der Waals surface area contributed by atoms with E-state index >= 15 is 0 Å². The molecule has 0 spiro atoms. The van der Waals surface area contributed by atoms with Gasteiger partial charge in [-0.2, -0.15) is 0 Å². The maximum atomic E-state index is 11.3. The Morgan fingerprint density at radius 2 is 1.96 bits per heavy atom. The summed E-state index contributed by atoms with van der Waals surface area (Å²) in [6, 6.07) is 9.98. The first-order valence-electron chi connectivity index (χ1n) is 8.20. The number of halogens is 1. The van der Waals surface area contributed by atoms with Crippen LogP contribution in [-0.2, 0) is 10.3 Å². The Morgan fingerprint density at radius 1 is 1.21 bits per heavy atom. The van der Waals surface area contributed by atoms with Gasteiger partial charge in [0.15, 0.2) is 0 Å². The number of aromatic nitrogens is 1. The number of hydrogen-bond donors (Lipinski definition) is 2. The maximum absolute atomic E-state index is 11.3. The molecule has 24 heavy (non-hydrogen) atoms. The van der Waals surface area contributed by atoms with Crippen LogP contribution in [0.4, 0.5) is 11.6 Å². The van der Waals surface area contributed by atoms with E-state index in [2.05, 4.69) is 28.6 Å². The fourth-order valence-corrected chi connectivity index (χ4v) is 3.43. The molecule has 1 heterocycles. The van der Waals surface area contributed by atoms with Gasteiger partial charge in [-0.25, -0.2) is 4.98 Å². The molecule has 0 unspecified atom stereocenters. The molecule has 0 radical (unpaired) electrons. The largest absolute Gasteiger partial charge is 0.360 e. The van der Waals surface area contributed by atoms with E-state index in [1.54, 1.807) is 0 Å². The first-order valence-corrected chi connectivity index (χ1v) is 8.58. The van der Waals surface area contributed by atoms with Crippen molar-refractivity contribution in [2.45, 2.75) is 45.6 Å². The zero-order chi connectivity index (χ0) is 17.3. The van der Waals surface area contributed by atoms with Crippen LogP contribution in [-0.4, -0.2) is 10.9 Å². The number of anilines is 2. The zero-order valence-corrected chi connectivity index (χ0v) is 15.0. The number of aryl methyl sites for hydroxylation is 1. The lowest BCUT2D eigenvalue weighted by Gasteiger charge is -2.44. The quantitative estimate of drug-likeness (QED) is 0.838. The molecular weight excluding hydrogens is 322 g/mol. The number of pyridine rings is 1. The Hall–Kier alpha value is -2.07. The standard InChI is InChI=1S/C19H22ClN3O/c1-12-8-9-17(22-18(12)21-14(3)24)23-19(10-5-11-19)15-6-4-7-16(20)13(15)2/h4,6-9H,5,10-11H2,1-3H3,(H2,21,22,23,24). The monoisotopic (exact) mass is 343 g/mol. The molecule has 3 rings (SSSR count). The average Bonchev–Trinajstić information content (AvgIpc) is 2.49. The van der Waals surface area contributed by atoms with Crippen molar-refractivity contribution in [2.75, 3.05) is 10.6 Å². The molecule has 5 heteroatoms. The van der Waals surface area contributed by atoms with Crippen LogP contribution < -0.4 is 10.6 Å². The van der Waals surface area contributed by atoms with Crippen molar-refractivity contribution < 1.29 is 4.79 Å². The highest BCUT2D eigenvalue weighted by atomic mass is 35.5. The molecule has 1 aliphatic carbocycles. The van der Waals surface area contributed by atoms with Crippen LogP contribution in [0.25, 0.3) is 0 Å². The van der Waals surface area contributed by atoms with Gasteiger partial charge in [-0.3, -0.25) is 4.79 Å². The number of benzene rings is 1. The summed E-state index contributed by atoms with van der Waals surface area (Å²) in [7, 11) is 0. The number of amides is 1. The number of rotatable bonds is 4. The van der Waals surface area contributed by atoms with Crippen molar-refractivity contribution in [1.82, 2.24) is 4.98 Å². The van der Waals surface area contributed by atoms with Crippen molar-refractivity contribution in [2.24, 2.45) is 0 Å². The van der Waals surface area contributed by atoms with Gasteiger partial charge in [0.05, 0.1) is 5.54 Å². The Bertz CT molecular complexity index is 784. The van der Waals surface area contributed by atoms with Gasteiger partial charge in [0, 0.05) is 11.9 Å². The molecule has 2 N–H and O–H groups in total. The van der Waals surface area contributed by atoms with Gasteiger partial charge in [-0.15, -0.1) is 0 Å². The first-order chi connectivity index (χ1) is 11.4. The van der Waals surface area contributed by atoms with E-state index in [9.17, 15) is 4.79 Å². The zero-order valence-electron chi connectivity index (χ0n) is 14.2. The minimum Gasteiger partial charge on any atom is -0.360 e. The molecular formula is C19H22ClN3O. The van der Waals surface area contributed by atoms with E-state index < -0.39 is 0 Å². The minimum atomic E-state index is -0.134. The van der Waals surface area contributed by atoms with Gasteiger partial charge in [-0.05, 0) is 61.9 Å². The van der Waals surface area contributed by atoms with E-state index in [0.717, 1.165) is 34.8 Å². The molecule has 1 aliphatic rings. The predicted octanol–water partition coefficient (Wildman–Crippen LogP) is 4.80. The highest BCUT2D eigenvalue weighted by molar-refractivity contribution is 6.31. The normalized spacial score (nSPS) is 15.5. The molecule has 2 aromatic rings. The van der Waals surface area contributed by atoms with Crippen LogP contribution in [0.5, 0.6) is 0 Å². The average molecular weight is 344 g/mol. The van der Waals surface area contributed by atoms with Gasteiger partial charge >= 0.3 is 0 Å². The summed E-state index contributed by atoms with van der Waals surface area (Å²) in [5.74, 6) is 1.25. The maximum Gasteiger partial charge on any atom is 0.222 e. The Labute approximate surface area is 147 Å². The Morgan fingerprint density at radius 3 is 2.58 bits per heavy atom. The number of nitrogens with zero attached hydrogens (tertiary/aromatic N) is 1. The van der Waals surface area contributed by atoms with Crippen molar-refractivity contribution in [1.29, 1.82) is 0 Å². The second-order valence-electron chi connectivity index (χ2n) is 6.52. The summed E-state index contributed by atoms with van der Waals surface area (Å²) < 4.78 is 0. The molecule has 1 fully saturated rings. The van der Waals surface area contributed by atoms with Gasteiger partial charge in [0.25, 0.3) is 0 Å². The summed E-state index contributed by atoms with van der Waals surface area (Å²) in [6.45, 7) is 5.48. The molecule has 4 nitrogen and oxygen atoms in total. The molecule has 1 saturated carbocycles. The van der Waals surface area contributed by atoms with Crippen LogP contribution in [0, 0.1) is 13.8 Å². The smallest absolute Gasteiger partial charge is 0.222 e. The van der Waals surface area contributed by atoms with E-state index in [-0.39, 0.29) is 11.4 Å². The lowest BCUT2D eigenvalue weighted by atomic mass is 9.70. The third-order valence-corrected chi connectivity index (χ3v) is 5.16. The third-order valence-electron chi connectivity index (χ3n) is 4.75. The van der Waals surface area contributed by atoms with Crippen LogP contribution in [0.3, 0.4) is 0 Å². The molecule has 1 aromatic heterocycles. The number of carbonyl (C=O) groups excluding carboxylic acids is 1. The molecule has 1 amide bonds. The summed E-state index contributed by atoms with van der Waals surface area (Å²) in [5, 5.41) is 7.17. The Kier molecular flexibility index (Phi) is 4.50. The fraction of sp³-hybridized carbons (Fsp3) is 0.368. The van der Waals surface area contributed by atoms with E-state index in [1.807, 2.05) is 31.2 Å². The summed E-state index contributed by atoms with van der Waals surface area (Å²) in [5.41, 5.74) is 3.15. The first kappa shape index (κ1) is 16.8. The predicted molar refractivity (Wildman–Crippen MR) is 98.6 cm³/mol. The summed E-state index contributed by atoms with van der Waals surface area (Å²) in [6.07, 6.45) is 3.25. The van der Waals surface area contributed by atoms with Crippen molar-refractivity contribution in [3.63, 3.8) is 0 Å². The number of nitrogens with one attached hydrogen (secondary N) is 2. The third kappa shape index (κ3) is 3.11. The lowest BCUT2D eigenvalue weighted by molar-refractivity contribution is -0.114. The number of hydrogen-bond acceptors (Lipinski definition) is 3. The molecule has 0 atom stereocenters. The molecule has 0 bridgehead atoms. The van der Waals surface area contributed by atoms with Crippen LogP contribution in [0.15, 0.2) is 30.3 Å². The highest BCUT2D eigenvalue weighted by Gasteiger charge is 2.40. The lowest BCUT2D eigenvalue weighted by Crippen LogP contribution is -2.43. The van der Waals surface area contributed by atoms with Gasteiger partial charge < -0.3 is 10.6 Å². The van der Waals surface area contributed by atoms with Crippen molar-refractivity contribution in [3.8, 4) is 0 Å². The minimum absolute atomic E-state index is 0.119. The Balaban J connectivity index is 1.93. The summed E-state index contributed by atoms with van der Waals surface area (Å²) >= 11 is 6.32. The highest BCUT2D eigenvalue weighted by Crippen LogP contribution is 2.46. The van der Waals surface area contributed by atoms with Crippen molar-refractivity contribution >= 4 is 29.1 Å². The summed E-state index contributed by atoms with van der Waals surface area (Å²) in [4.78, 5) is 15.9.